The zero-order chi connectivity index (χ0) is 23.2. The van der Waals surface area contributed by atoms with Crippen LogP contribution in [0.3, 0.4) is 0 Å². The number of rotatable bonds is 9. The molecule has 1 N–H and O–H groups in total. The van der Waals surface area contributed by atoms with Crippen LogP contribution in [0.15, 0.2) is 71.9 Å². The maximum atomic E-state index is 13.1. The second-order valence-electron chi connectivity index (χ2n) is 7.28. The molecule has 1 heterocycles. The van der Waals surface area contributed by atoms with Crippen LogP contribution in [0.5, 0.6) is 5.75 Å². The molecule has 0 aliphatic rings. The molecule has 9 heteroatoms. The molecule has 33 heavy (non-hydrogen) atoms. The van der Waals surface area contributed by atoms with Gasteiger partial charge in [-0.05, 0) is 60.5 Å². The number of hydrogen-bond donors (Lipinski definition) is 1. The number of ether oxygens (including phenoxy) is 1. The summed E-state index contributed by atoms with van der Waals surface area (Å²) in [5, 5.41) is 9.67. The molecule has 0 radical (unpaired) electrons. The van der Waals surface area contributed by atoms with Gasteiger partial charge in [0.15, 0.2) is 0 Å². The number of aryl methyl sites for hydroxylation is 1. The Morgan fingerprint density at radius 1 is 0.939 bits per heavy atom. The maximum absolute atomic E-state index is 13.1. The maximum Gasteiger partial charge on any atom is 0.210 e. The molecule has 0 aliphatic carbocycles. The molecule has 4 aromatic rings. The Morgan fingerprint density at radius 2 is 1.61 bits per heavy atom. The van der Waals surface area contributed by atoms with Crippen molar-refractivity contribution in [3.05, 3.63) is 106 Å². The first-order chi connectivity index (χ1) is 16.0. The SMILES string of the molecule is Cc1nnc(SCc2ccc(F)cc2)n1NCc1cc(Cl)ccc1OCc1ccc(F)cc1. The van der Waals surface area contributed by atoms with Crippen LogP contribution < -0.4 is 10.2 Å². The number of aromatic nitrogens is 3. The highest BCUT2D eigenvalue weighted by atomic mass is 35.5. The van der Waals surface area contributed by atoms with Crippen LogP contribution in [0, 0.1) is 18.6 Å². The summed E-state index contributed by atoms with van der Waals surface area (Å²) in [6.45, 7) is 2.58. The first kappa shape index (κ1) is 23.1. The van der Waals surface area contributed by atoms with Gasteiger partial charge in [0, 0.05) is 16.3 Å². The van der Waals surface area contributed by atoms with Crippen molar-refractivity contribution in [2.45, 2.75) is 31.0 Å². The van der Waals surface area contributed by atoms with E-state index < -0.39 is 0 Å². The number of benzene rings is 3. The summed E-state index contributed by atoms with van der Waals surface area (Å²) in [5.74, 6) is 1.45. The Labute approximate surface area is 199 Å². The van der Waals surface area contributed by atoms with Crippen LogP contribution >= 0.6 is 23.4 Å². The van der Waals surface area contributed by atoms with Crippen LogP contribution in [-0.4, -0.2) is 14.9 Å². The molecule has 4 rings (SSSR count). The van der Waals surface area contributed by atoms with E-state index in [-0.39, 0.29) is 11.6 Å². The van der Waals surface area contributed by atoms with Crippen molar-refractivity contribution in [1.29, 1.82) is 0 Å². The lowest BCUT2D eigenvalue weighted by molar-refractivity contribution is 0.303. The third kappa shape index (κ3) is 6.24. The third-order valence-electron chi connectivity index (χ3n) is 4.83. The fourth-order valence-electron chi connectivity index (χ4n) is 3.08. The molecular formula is C24H21ClF2N4OS. The molecule has 0 spiro atoms. The number of halogens is 3. The van der Waals surface area contributed by atoms with Crippen molar-refractivity contribution in [3.63, 3.8) is 0 Å². The van der Waals surface area contributed by atoms with Gasteiger partial charge in [0.05, 0.1) is 6.54 Å². The molecule has 1 aromatic heterocycles. The van der Waals surface area contributed by atoms with Crippen LogP contribution in [0.4, 0.5) is 8.78 Å². The summed E-state index contributed by atoms with van der Waals surface area (Å²) in [5.41, 5.74) is 6.02. The number of hydrogen-bond acceptors (Lipinski definition) is 5. The van der Waals surface area contributed by atoms with Gasteiger partial charge < -0.3 is 10.2 Å². The van der Waals surface area contributed by atoms with Gasteiger partial charge in [0.25, 0.3) is 0 Å². The molecule has 0 unspecified atom stereocenters. The molecule has 0 atom stereocenters. The van der Waals surface area contributed by atoms with Gasteiger partial charge in [-0.15, -0.1) is 10.2 Å². The van der Waals surface area contributed by atoms with Crippen LogP contribution in [0.1, 0.15) is 22.5 Å². The van der Waals surface area contributed by atoms with Gasteiger partial charge in [-0.25, -0.2) is 13.5 Å². The van der Waals surface area contributed by atoms with Gasteiger partial charge in [0.1, 0.15) is 29.8 Å². The first-order valence-electron chi connectivity index (χ1n) is 10.2. The molecule has 0 fully saturated rings. The Hall–Kier alpha value is -3.10. The number of thioether (sulfide) groups is 1. The third-order valence-corrected chi connectivity index (χ3v) is 6.07. The fourth-order valence-corrected chi connectivity index (χ4v) is 4.19. The lowest BCUT2D eigenvalue weighted by Gasteiger charge is -2.15. The smallest absolute Gasteiger partial charge is 0.210 e. The normalized spacial score (nSPS) is 10.9. The highest BCUT2D eigenvalue weighted by Crippen LogP contribution is 2.25. The fraction of sp³-hybridized carbons (Fsp3) is 0.167. The standard InChI is InChI=1S/C24H21ClF2N4OS/c1-16-29-30-24(33-15-18-4-9-22(27)10-5-18)31(16)28-13-19-12-20(25)6-11-23(19)32-14-17-2-7-21(26)8-3-17/h2-12,28H,13-15H2,1H3. The van der Waals surface area contributed by atoms with Crippen LogP contribution in [0.2, 0.25) is 5.02 Å². The minimum Gasteiger partial charge on any atom is -0.489 e. The predicted molar refractivity (Wildman–Crippen MR) is 126 cm³/mol. The van der Waals surface area contributed by atoms with E-state index in [0.29, 0.717) is 40.7 Å². The number of nitrogens with zero attached hydrogens (tertiary/aromatic N) is 3. The summed E-state index contributed by atoms with van der Waals surface area (Å²) < 4.78 is 34.0. The second-order valence-corrected chi connectivity index (χ2v) is 8.66. The van der Waals surface area contributed by atoms with E-state index in [2.05, 4.69) is 15.6 Å². The van der Waals surface area contributed by atoms with E-state index in [4.69, 9.17) is 16.3 Å². The summed E-state index contributed by atoms with van der Waals surface area (Å²) >= 11 is 7.71. The molecule has 3 aromatic carbocycles. The largest absolute Gasteiger partial charge is 0.489 e. The van der Waals surface area contributed by atoms with E-state index in [1.165, 1.54) is 36.0 Å². The lowest BCUT2D eigenvalue weighted by Crippen LogP contribution is -2.17. The van der Waals surface area contributed by atoms with Crippen molar-refractivity contribution >= 4 is 23.4 Å². The topological polar surface area (TPSA) is 52.0 Å². The summed E-state index contributed by atoms with van der Waals surface area (Å²) in [4.78, 5) is 0. The molecule has 0 aliphatic heterocycles. The van der Waals surface area contributed by atoms with Gasteiger partial charge in [0.2, 0.25) is 5.16 Å². The summed E-state index contributed by atoms with van der Waals surface area (Å²) in [6.07, 6.45) is 0. The van der Waals surface area contributed by atoms with Gasteiger partial charge in [-0.1, -0.05) is 47.6 Å². The van der Waals surface area contributed by atoms with Gasteiger partial charge >= 0.3 is 0 Å². The lowest BCUT2D eigenvalue weighted by atomic mass is 10.2. The Balaban J connectivity index is 1.43. The summed E-state index contributed by atoms with van der Waals surface area (Å²) in [6, 6.07) is 18.0. The van der Waals surface area contributed by atoms with Crippen molar-refractivity contribution in [2.75, 3.05) is 5.43 Å². The Morgan fingerprint density at radius 3 is 2.30 bits per heavy atom. The molecule has 5 nitrogen and oxygen atoms in total. The van der Waals surface area contributed by atoms with Gasteiger partial charge in [-0.3, -0.25) is 0 Å². The monoisotopic (exact) mass is 486 g/mol. The van der Waals surface area contributed by atoms with Crippen molar-refractivity contribution in [2.24, 2.45) is 0 Å². The molecule has 0 bridgehead atoms. The zero-order valence-electron chi connectivity index (χ0n) is 17.8. The predicted octanol–water partition coefficient (Wildman–Crippen LogP) is 6.13. The van der Waals surface area contributed by atoms with E-state index in [9.17, 15) is 8.78 Å². The second kappa shape index (κ2) is 10.7. The minimum atomic E-state index is -0.285. The molecular weight excluding hydrogens is 466 g/mol. The molecule has 0 saturated heterocycles. The Kier molecular flexibility index (Phi) is 7.47. The van der Waals surface area contributed by atoms with Gasteiger partial charge in [-0.2, -0.15) is 0 Å². The van der Waals surface area contributed by atoms with Crippen molar-refractivity contribution in [1.82, 2.24) is 14.9 Å². The molecule has 0 amide bonds. The highest BCUT2D eigenvalue weighted by Gasteiger charge is 2.12. The average molecular weight is 487 g/mol. The number of nitrogens with one attached hydrogen (secondary N) is 1. The van der Waals surface area contributed by atoms with E-state index in [0.717, 1.165) is 16.7 Å². The van der Waals surface area contributed by atoms with Crippen LogP contribution in [0.25, 0.3) is 0 Å². The first-order valence-corrected chi connectivity index (χ1v) is 11.5. The average Bonchev–Trinajstić information content (AvgIpc) is 3.17. The zero-order valence-corrected chi connectivity index (χ0v) is 19.3. The summed E-state index contributed by atoms with van der Waals surface area (Å²) in [7, 11) is 0. The molecule has 0 saturated carbocycles. The van der Waals surface area contributed by atoms with E-state index in [1.54, 1.807) is 35.0 Å². The highest BCUT2D eigenvalue weighted by molar-refractivity contribution is 7.98. The van der Waals surface area contributed by atoms with Crippen molar-refractivity contribution in [3.8, 4) is 5.75 Å². The minimum absolute atomic E-state index is 0.261. The van der Waals surface area contributed by atoms with E-state index in [1.807, 2.05) is 19.1 Å². The Bertz CT molecular complexity index is 1220. The van der Waals surface area contributed by atoms with Crippen molar-refractivity contribution < 1.29 is 13.5 Å². The quantitative estimate of drug-likeness (QED) is 0.288. The molecule has 170 valence electrons. The van der Waals surface area contributed by atoms with Crippen LogP contribution in [-0.2, 0) is 18.9 Å². The van der Waals surface area contributed by atoms with E-state index >= 15 is 0 Å².